The van der Waals surface area contributed by atoms with Gasteiger partial charge in [0.1, 0.15) is 6.10 Å². The molecule has 0 amide bonds. The van der Waals surface area contributed by atoms with Crippen molar-refractivity contribution in [1.29, 1.82) is 0 Å². The van der Waals surface area contributed by atoms with Gasteiger partial charge in [0, 0.05) is 5.41 Å². The number of benzene rings is 1. The van der Waals surface area contributed by atoms with Gasteiger partial charge in [-0.2, -0.15) is 0 Å². The Balaban J connectivity index is 2.90. The van der Waals surface area contributed by atoms with Crippen LogP contribution in [0.3, 0.4) is 0 Å². The van der Waals surface area contributed by atoms with Crippen molar-refractivity contribution >= 4 is 5.78 Å². The summed E-state index contributed by atoms with van der Waals surface area (Å²) in [4.78, 5) is 11.8. The molecule has 1 atom stereocenters. The van der Waals surface area contributed by atoms with Gasteiger partial charge < -0.3 is 5.11 Å². The van der Waals surface area contributed by atoms with Gasteiger partial charge in [0.2, 0.25) is 0 Å². The summed E-state index contributed by atoms with van der Waals surface area (Å²) in [6.07, 6.45) is -1.01. The van der Waals surface area contributed by atoms with Gasteiger partial charge in [-0.15, -0.1) is 0 Å². The molecule has 15 heavy (non-hydrogen) atoms. The highest BCUT2D eigenvalue weighted by Gasteiger charge is 2.28. The third-order valence-corrected chi connectivity index (χ3v) is 2.38. The van der Waals surface area contributed by atoms with E-state index >= 15 is 0 Å². The van der Waals surface area contributed by atoms with Crippen molar-refractivity contribution in [3.05, 3.63) is 35.4 Å². The van der Waals surface area contributed by atoms with Crippen LogP contribution in [0.15, 0.2) is 24.3 Å². The van der Waals surface area contributed by atoms with Gasteiger partial charge in [-0.05, 0) is 12.5 Å². The zero-order chi connectivity index (χ0) is 11.6. The van der Waals surface area contributed by atoms with Gasteiger partial charge in [0.15, 0.2) is 5.78 Å². The number of carbonyl (C=O) groups is 1. The van der Waals surface area contributed by atoms with E-state index in [1.165, 1.54) is 0 Å². The first-order chi connectivity index (χ1) is 6.82. The Morgan fingerprint density at radius 3 is 2.07 bits per heavy atom. The van der Waals surface area contributed by atoms with Gasteiger partial charge >= 0.3 is 0 Å². The normalized spacial score (nSPS) is 13.7. The minimum Gasteiger partial charge on any atom is -0.381 e. The van der Waals surface area contributed by atoms with Crippen molar-refractivity contribution in [2.75, 3.05) is 0 Å². The summed E-state index contributed by atoms with van der Waals surface area (Å²) in [5.41, 5.74) is 1.28. The van der Waals surface area contributed by atoms with Crippen molar-refractivity contribution in [2.45, 2.75) is 33.8 Å². The van der Waals surface area contributed by atoms with E-state index < -0.39 is 11.5 Å². The second kappa shape index (κ2) is 4.15. The molecular formula is C13H18O2. The lowest BCUT2D eigenvalue weighted by Crippen LogP contribution is -2.26. The van der Waals surface area contributed by atoms with Crippen molar-refractivity contribution in [3.8, 4) is 0 Å². The molecule has 0 heterocycles. The summed E-state index contributed by atoms with van der Waals surface area (Å²) in [6.45, 7) is 7.41. The number of aliphatic hydroxyl groups excluding tert-OH is 1. The van der Waals surface area contributed by atoms with Gasteiger partial charge in [-0.1, -0.05) is 50.6 Å². The number of ketones is 1. The number of carbonyl (C=O) groups excluding carboxylic acids is 1. The lowest BCUT2D eigenvalue weighted by molar-refractivity contribution is -0.135. The minimum absolute atomic E-state index is 0.147. The highest BCUT2D eigenvalue weighted by atomic mass is 16.3. The SMILES string of the molecule is Cc1ccc(C(O)C(=O)C(C)(C)C)cc1. The molecule has 1 unspecified atom stereocenters. The van der Waals surface area contributed by atoms with E-state index in [1.807, 2.05) is 39.8 Å². The van der Waals surface area contributed by atoms with Crippen molar-refractivity contribution in [2.24, 2.45) is 5.41 Å². The van der Waals surface area contributed by atoms with E-state index in [2.05, 4.69) is 0 Å². The average Bonchev–Trinajstić information content (AvgIpc) is 2.15. The third-order valence-electron chi connectivity index (χ3n) is 2.38. The van der Waals surface area contributed by atoms with Crippen LogP contribution in [0.2, 0.25) is 0 Å². The Bertz CT molecular complexity index is 344. The maximum atomic E-state index is 11.8. The van der Waals surface area contributed by atoms with E-state index in [-0.39, 0.29) is 5.78 Å². The summed E-state index contributed by atoms with van der Waals surface area (Å²) in [6, 6.07) is 7.39. The maximum Gasteiger partial charge on any atom is 0.171 e. The molecule has 0 saturated heterocycles. The Morgan fingerprint density at radius 1 is 1.20 bits per heavy atom. The first-order valence-corrected chi connectivity index (χ1v) is 5.11. The van der Waals surface area contributed by atoms with E-state index in [0.29, 0.717) is 5.56 Å². The molecule has 0 aliphatic carbocycles. The molecule has 2 heteroatoms. The van der Waals surface area contributed by atoms with Crippen LogP contribution in [-0.2, 0) is 4.79 Å². The Labute approximate surface area is 90.9 Å². The summed E-state index contributed by atoms with van der Waals surface area (Å²) >= 11 is 0. The van der Waals surface area contributed by atoms with E-state index in [0.717, 1.165) is 5.56 Å². The number of aliphatic hydroxyl groups is 1. The van der Waals surface area contributed by atoms with Crippen molar-refractivity contribution in [1.82, 2.24) is 0 Å². The molecule has 1 aromatic rings. The van der Waals surface area contributed by atoms with Crippen LogP contribution >= 0.6 is 0 Å². The molecule has 1 aromatic carbocycles. The molecular weight excluding hydrogens is 188 g/mol. The first-order valence-electron chi connectivity index (χ1n) is 5.11. The fraction of sp³-hybridized carbons (Fsp3) is 0.462. The molecule has 0 radical (unpaired) electrons. The van der Waals surface area contributed by atoms with Gasteiger partial charge in [-0.3, -0.25) is 4.79 Å². The first kappa shape index (κ1) is 11.9. The Hall–Kier alpha value is -1.15. The van der Waals surface area contributed by atoms with Crippen LogP contribution in [0.5, 0.6) is 0 Å². The second-order valence-electron chi connectivity index (χ2n) is 4.93. The van der Waals surface area contributed by atoms with Crippen LogP contribution in [0.4, 0.5) is 0 Å². The third kappa shape index (κ3) is 2.90. The zero-order valence-corrected chi connectivity index (χ0v) is 9.74. The van der Waals surface area contributed by atoms with Crippen LogP contribution in [0, 0.1) is 12.3 Å². The van der Waals surface area contributed by atoms with E-state index in [4.69, 9.17) is 0 Å². The number of aryl methyl sites for hydroxylation is 1. The molecule has 1 rings (SSSR count). The van der Waals surface area contributed by atoms with Gasteiger partial charge in [0.05, 0.1) is 0 Å². The Kier molecular flexibility index (Phi) is 3.30. The minimum atomic E-state index is -1.01. The highest BCUT2D eigenvalue weighted by Crippen LogP contribution is 2.25. The maximum absolute atomic E-state index is 11.8. The molecule has 1 N–H and O–H groups in total. The number of rotatable bonds is 2. The van der Waals surface area contributed by atoms with Crippen LogP contribution < -0.4 is 0 Å². The second-order valence-corrected chi connectivity index (χ2v) is 4.93. The molecule has 0 aromatic heterocycles. The summed E-state index contributed by atoms with van der Waals surface area (Å²) < 4.78 is 0. The lowest BCUT2D eigenvalue weighted by atomic mass is 9.85. The summed E-state index contributed by atoms with van der Waals surface area (Å²) in [5, 5.41) is 9.87. The predicted molar refractivity (Wildman–Crippen MR) is 60.6 cm³/mol. The average molecular weight is 206 g/mol. The Morgan fingerprint density at radius 2 is 1.67 bits per heavy atom. The molecule has 0 spiro atoms. The topological polar surface area (TPSA) is 37.3 Å². The van der Waals surface area contributed by atoms with E-state index in [9.17, 15) is 9.90 Å². The van der Waals surface area contributed by atoms with Crippen LogP contribution in [0.1, 0.15) is 38.0 Å². The fourth-order valence-electron chi connectivity index (χ4n) is 1.31. The smallest absolute Gasteiger partial charge is 0.171 e. The predicted octanol–water partition coefficient (Wildman–Crippen LogP) is 2.64. The standard InChI is InChI=1S/C13H18O2/c1-9-5-7-10(8-6-9)11(14)12(15)13(2,3)4/h5-8,11,14H,1-4H3. The molecule has 2 nitrogen and oxygen atoms in total. The molecule has 0 saturated carbocycles. The van der Waals surface area contributed by atoms with Crippen molar-refractivity contribution < 1.29 is 9.90 Å². The molecule has 0 fully saturated rings. The van der Waals surface area contributed by atoms with Gasteiger partial charge in [-0.25, -0.2) is 0 Å². The van der Waals surface area contributed by atoms with E-state index in [1.54, 1.807) is 12.1 Å². The molecule has 0 aliphatic rings. The number of hydrogen-bond acceptors (Lipinski definition) is 2. The summed E-state index contributed by atoms with van der Waals surface area (Å²) in [5.74, 6) is -0.147. The highest BCUT2D eigenvalue weighted by molar-refractivity contribution is 5.88. The quantitative estimate of drug-likeness (QED) is 0.807. The fourth-order valence-corrected chi connectivity index (χ4v) is 1.31. The summed E-state index contributed by atoms with van der Waals surface area (Å²) in [7, 11) is 0. The molecule has 82 valence electrons. The molecule has 0 aliphatic heterocycles. The zero-order valence-electron chi connectivity index (χ0n) is 9.74. The van der Waals surface area contributed by atoms with Gasteiger partial charge in [0.25, 0.3) is 0 Å². The monoisotopic (exact) mass is 206 g/mol. The number of hydrogen-bond donors (Lipinski definition) is 1. The lowest BCUT2D eigenvalue weighted by Gasteiger charge is -2.21. The largest absolute Gasteiger partial charge is 0.381 e. The van der Waals surface area contributed by atoms with Crippen molar-refractivity contribution in [3.63, 3.8) is 0 Å². The number of Topliss-reactive ketones (excluding diaryl/α,β-unsaturated/α-hetero) is 1. The molecule has 0 bridgehead atoms. The van der Waals surface area contributed by atoms with Crippen LogP contribution in [-0.4, -0.2) is 10.9 Å². The van der Waals surface area contributed by atoms with Crippen LogP contribution in [0.25, 0.3) is 0 Å².